The van der Waals surface area contributed by atoms with Crippen molar-refractivity contribution in [1.82, 2.24) is 15.0 Å². The average molecular weight is 409 g/mol. The smallest absolute Gasteiger partial charge is 0.335 e. The maximum absolute atomic E-state index is 11.2. The van der Waals surface area contributed by atoms with Gasteiger partial charge in [-0.1, -0.05) is 12.1 Å². The molecule has 2 aromatic carbocycles. The molecule has 154 valence electrons. The highest BCUT2D eigenvalue weighted by Crippen LogP contribution is 2.20. The summed E-state index contributed by atoms with van der Waals surface area (Å²) >= 11 is 0. The zero-order valence-corrected chi connectivity index (χ0v) is 15.8. The van der Waals surface area contributed by atoms with Crippen LogP contribution in [0.15, 0.2) is 48.5 Å². The molecule has 3 aromatic rings. The van der Waals surface area contributed by atoms with Gasteiger partial charge in [0.15, 0.2) is 0 Å². The summed E-state index contributed by atoms with van der Waals surface area (Å²) < 4.78 is 0. The van der Waals surface area contributed by atoms with Crippen LogP contribution in [0.5, 0.6) is 0 Å². The molecule has 0 fully saturated rings. The number of anilines is 5. The second kappa shape index (κ2) is 8.84. The SMILES string of the molecule is CC(N)Nc1nc(Nc2cccc(C(=O)O)c2)nc(Nc2cccc(C(=O)O)c2)n1. The first kappa shape index (κ1) is 20.5. The monoisotopic (exact) mass is 409 g/mol. The number of carbonyl (C=O) groups is 2. The van der Waals surface area contributed by atoms with E-state index in [-0.39, 0.29) is 29.0 Å². The number of rotatable bonds is 8. The number of carboxylic acids is 2. The Morgan fingerprint density at radius 1 is 0.833 bits per heavy atom. The van der Waals surface area contributed by atoms with Crippen LogP contribution in [-0.2, 0) is 0 Å². The third kappa shape index (κ3) is 5.39. The van der Waals surface area contributed by atoms with Crippen molar-refractivity contribution in [2.45, 2.75) is 13.1 Å². The number of aromatic carboxylic acids is 2. The fraction of sp³-hybridized carbons (Fsp3) is 0.105. The van der Waals surface area contributed by atoms with Crippen molar-refractivity contribution in [1.29, 1.82) is 0 Å². The fourth-order valence-corrected chi connectivity index (χ4v) is 2.47. The minimum atomic E-state index is -1.06. The van der Waals surface area contributed by atoms with Crippen molar-refractivity contribution in [2.24, 2.45) is 5.73 Å². The summed E-state index contributed by atoms with van der Waals surface area (Å²) in [7, 11) is 0. The van der Waals surface area contributed by atoms with Gasteiger partial charge in [0.2, 0.25) is 17.8 Å². The van der Waals surface area contributed by atoms with Crippen LogP contribution in [0.25, 0.3) is 0 Å². The summed E-state index contributed by atoms with van der Waals surface area (Å²) in [5, 5.41) is 27.0. The first-order valence-electron chi connectivity index (χ1n) is 8.79. The predicted octanol–water partition coefficient (Wildman–Crippen LogP) is 2.47. The Morgan fingerprint density at radius 3 is 1.67 bits per heavy atom. The van der Waals surface area contributed by atoms with E-state index >= 15 is 0 Å². The normalized spacial score (nSPS) is 11.4. The number of hydrogen-bond acceptors (Lipinski definition) is 9. The lowest BCUT2D eigenvalue weighted by molar-refractivity contribution is 0.0686. The number of nitrogens with one attached hydrogen (secondary N) is 3. The van der Waals surface area contributed by atoms with Gasteiger partial charge in [0.1, 0.15) is 0 Å². The van der Waals surface area contributed by atoms with E-state index in [0.717, 1.165) is 0 Å². The molecule has 0 spiro atoms. The molecule has 0 saturated heterocycles. The topological polar surface area (TPSA) is 175 Å². The molecule has 0 aliphatic carbocycles. The zero-order valence-electron chi connectivity index (χ0n) is 15.8. The van der Waals surface area contributed by atoms with Gasteiger partial charge in [-0.2, -0.15) is 15.0 Å². The summed E-state index contributed by atoms with van der Waals surface area (Å²) in [5.74, 6) is -1.68. The molecule has 0 bridgehead atoms. The highest BCUT2D eigenvalue weighted by molar-refractivity contribution is 5.89. The number of carboxylic acid groups (broad SMARTS) is 2. The molecule has 1 aromatic heterocycles. The number of nitrogens with two attached hydrogens (primary N) is 1. The largest absolute Gasteiger partial charge is 0.478 e. The van der Waals surface area contributed by atoms with Gasteiger partial charge in [-0.15, -0.1) is 0 Å². The summed E-state index contributed by atoms with van der Waals surface area (Å²) in [5.41, 5.74) is 6.89. The van der Waals surface area contributed by atoms with E-state index in [9.17, 15) is 9.59 Å². The lowest BCUT2D eigenvalue weighted by Crippen LogP contribution is -2.26. The second-order valence-electron chi connectivity index (χ2n) is 6.26. The maximum atomic E-state index is 11.2. The van der Waals surface area contributed by atoms with Crippen LogP contribution in [0.2, 0.25) is 0 Å². The Balaban J connectivity index is 1.92. The van der Waals surface area contributed by atoms with E-state index in [2.05, 4.69) is 30.9 Å². The summed E-state index contributed by atoms with van der Waals surface area (Å²) in [6.07, 6.45) is -0.446. The number of aromatic nitrogens is 3. The molecule has 0 saturated carbocycles. The minimum Gasteiger partial charge on any atom is -0.478 e. The van der Waals surface area contributed by atoms with Crippen molar-refractivity contribution in [3.63, 3.8) is 0 Å². The van der Waals surface area contributed by atoms with Crippen LogP contribution >= 0.6 is 0 Å². The van der Waals surface area contributed by atoms with Crippen LogP contribution in [0.1, 0.15) is 27.6 Å². The van der Waals surface area contributed by atoms with Gasteiger partial charge in [-0.3, -0.25) is 0 Å². The summed E-state index contributed by atoms with van der Waals surface area (Å²) in [4.78, 5) is 35.0. The number of hydrogen-bond donors (Lipinski definition) is 6. The van der Waals surface area contributed by atoms with E-state index in [1.165, 1.54) is 24.3 Å². The predicted molar refractivity (Wildman–Crippen MR) is 110 cm³/mol. The molecular weight excluding hydrogens is 390 g/mol. The molecule has 1 unspecified atom stereocenters. The van der Waals surface area contributed by atoms with Gasteiger partial charge in [-0.25, -0.2) is 9.59 Å². The van der Waals surface area contributed by atoms with Crippen LogP contribution < -0.4 is 21.7 Å². The van der Waals surface area contributed by atoms with Crippen molar-refractivity contribution >= 4 is 41.2 Å². The molecule has 1 atom stereocenters. The molecule has 0 aliphatic rings. The lowest BCUT2D eigenvalue weighted by Gasteiger charge is -2.13. The van der Waals surface area contributed by atoms with Gasteiger partial charge >= 0.3 is 11.9 Å². The molecule has 11 heteroatoms. The van der Waals surface area contributed by atoms with Gasteiger partial charge < -0.3 is 31.9 Å². The first-order valence-corrected chi connectivity index (χ1v) is 8.79. The maximum Gasteiger partial charge on any atom is 0.335 e. The lowest BCUT2D eigenvalue weighted by atomic mass is 10.2. The molecule has 0 radical (unpaired) electrons. The molecule has 1 heterocycles. The molecule has 0 aliphatic heterocycles. The van der Waals surface area contributed by atoms with Gasteiger partial charge in [0.05, 0.1) is 17.3 Å². The zero-order chi connectivity index (χ0) is 21.7. The van der Waals surface area contributed by atoms with Crippen molar-refractivity contribution in [2.75, 3.05) is 16.0 Å². The van der Waals surface area contributed by atoms with Crippen molar-refractivity contribution < 1.29 is 19.8 Å². The van der Waals surface area contributed by atoms with Crippen LogP contribution in [0.3, 0.4) is 0 Å². The van der Waals surface area contributed by atoms with Gasteiger partial charge in [0.25, 0.3) is 0 Å². The standard InChI is InChI=1S/C19H19N7O4/c1-10(20)21-17-24-18(22-13-6-2-4-11(8-13)15(27)28)26-19(25-17)23-14-7-3-5-12(9-14)16(29)30/h2-10H,20H2,1H3,(H,27,28)(H,29,30)(H3,21,22,23,24,25,26). The van der Waals surface area contributed by atoms with Gasteiger partial charge in [-0.05, 0) is 43.3 Å². The quantitative estimate of drug-likeness (QED) is 0.301. The molecule has 0 amide bonds. The number of benzene rings is 2. The molecular formula is C19H19N7O4. The Kier molecular flexibility index (Phi) is 6.03. The van der Waals surface area contributed by atoms with E-state index in [1.54, 1.807) is 31.2 Å². The fourth-order valence-electron chi connectivity index (χ4n) is 2.47. The minimum absolute atomic E-state index is 0.104. The summed E-state index contributed by atoms with van der Waals surface area (Å²) in [6.45, 7) is 1.71. The third-order valence-electron chi connectivity index (χ3n) is 3.72. The third-order valence-corrected chi connectivity index (χ3v) is 3.72. The molecule has 3 rings (SSSR count). The van der Waals surface area contributed by atoms with Crippen molar-refractivity contribution in [3.05, 3.63) is 59.7 Å². The van der Waals surface area contributed by atoms with Crippen LogP contribution in [0.4, 0.5) is 29.2 Å². The average Bonchev–Trinajstić information content (AvgIpc) is 2.67. The van der Waals surface area contributed by atoms with E-state index in [4.69, 9.17) is 15.9 Å². The van der Waals surface area contributed by atoms with Gasteiger partial charge in [0, 0.05) is 11.4 Å². The Morgan fingerprint density at radius 2 is 1.27 bits per heavy atom. The Hall–Kier alpha value is -4.25. The van der Waals surface area contributed by atoms with E-state index < -0.39 is 18.1 Å². The highest BCUT2D eigenvalue weighted by Gasteiger charge is 2.11. The number of nitrogens with zero attached hydrogens (tertiary/aromatic N) is 3. The summed E-state index contributed by atoms with van der Waals surface area (Å²) in [6, 6.07) is 12.3. The van der Waals surface area contributed by atoms with Crippen LogP contribution in [0, 0.1) is 0 Å². The van der Waals surface area contributed by atoms with E-state index in [1.807, 2.05) is 0 Å². The Labute approximate surface area is 171 Å². The molecule has 30 heavy (non-hydrogen) atoms. The second-order valence-corrected chi connectivity index (χ2v) is 6.26. The van der Waals surface area contributed by atoms with Crippen LogP contribution in [-0.4, -0.2) is 43.3 Å². The first-order chi connectivity index (χ1) is 14.3. The molecule has 7 N–H and O–H groups in total. The van der Waals surface area contributed by atoms with E-state index in [0.29, 0.717) is 11.4 Å². The highest BCUT2D eigenvalue weighted by atomic mass is 16.4. The molecule has 11 nitrogen and oxygen atoms in total. The van der Waals surface area contributed by atoms with Crippen molar-refractivity contribution in [3.8, 4) is 0 Å². The Bertz CT molecular complexity index is 1010.